The Morgan fingerprint density at radius 3 is 2.71 bits per heavy atom. The third kappa shape index (κ3) is 1.07. The SMILES string of the molecule is Clc1[nH]ncc1I. The van der Waals surface area contributed by atoms with Gasteiger partial charge in [-0.05, 0) is 22.6 Å². The first-order chi connectivity index (χ1) is 3.30. The highest BCUT2D eigenvalue weighted by Crippen LogP contribution is 2.11. The van der Waals surface area contributed by atoms with Gasteiger partial charge in [0.1, 0.15) is 5.15 Å². The Morgan fingerprint density at radius 1 is 1.86 bits per heavy atom. The zero-order valence-electron chi connectivity index (χ0n) is 3.28. The number of aromatic amines is 1. The molecule has 1 rings (SSSR count). The van der Waals surface area contributed by atoms with Crippen LogP contribution in [0.15, 0.2) is 6.20 Å². The lowest BCUT2D eigenvalue weighted by Crippen LogP contribution is -1.61. The Balaban J connectivity index is 3.12. The molecule has 1 aromatic heterocycles. The third-order valence-electron chi connectivity index (χ3n) is 0.550. The summed E-state index contributed by atoms with van der Waals surface area (Å²) in [6.07, 6.45) is 1.67. The van der Waals surface area contributed by atoms with Gasteiger partial charge < -0.3 is 0 Å². The lowest BCUT2D eigenvalue weighted by molar-refractivity contribution is 1.09. The minimum absolute atomic E-state index is 0.612. The number of hydrogen-bond donors (Lipinski definition) is 1. The molecule has 2 nitrogen and oxygen atoms in total. The Kier molecular flexibility index (Phi) is 1.53. The summed E-state index contributed by atoms with van der Waals surface area (Å²) in [6, 6.07) is 0. The Labute approximate surface area is 59.4 Å². The molecule has 0 fully saturated rings. The number of halogens is 2. The summed E-state index contributed by atoms with van der Waals surface area (Å²) < 4.78 is 0.958. The highest BCUT2D eigenvalue weighted by molar-refractivity contribution is 14.1. The topological polar surface area (TPSA) is 28.7 Å². The Bertz CT molecular complexity index is 145. The molecule has 0 aliphatic carbocycles. The number of H-pyrrole nitrogens is 1. The van der Waals surface area contributed by atoms with Gasteiger partial charge in [0.2, 0.25) is 0 Å². The van der Waals surface area contributed by atoms with Gasteiger partial charge in [-0.1, -0.05) is 11.6 Å². The van der Waals surface area contributed by atoms with Crippen LogP contribution in [0, 0.1) is 3.57 Å². The van der Waals surface area contributed by atoms with E-state index in [1.165, 1.54) is 0 Å². The summed E-state index contributed by atoms with van der Waals surface area (Å²) in [6.45, 7) is 0. The van der Waals surface area contributed by atoms with Crippen LogP contribution in [0.2, 0.25) is 5.15 Å². The van der Waals surface area contributed by atoms with Gasteiger partial charge in [-0.3, -0.25) is 5.10 Å². The molecule has 1 aromatic rings. The molecule has 0 saturated carbocycles. The van der Waals surface area contributed by atoms with Crippen LogP contribution >= 0.6 is 34.2 Å². The van der Waals surface area contributed by atoms with Crippen LogP contribution in [-0.2, 0) is 0 Å². The Morgan fingerprint density at radius 2 is 2.57 bits per heavy atom. The molecule has 0 radical (unpaired) electrons. The number of rotatable bonds is 0. The molecule has 0 aliphatic rings. The molecule has 0 spiro atoms. The van der Waals surface area contributed by atoms with Crippen LogP contribution in [0.5, 0.6) is 0 Å². The molecule has 4 heteroatoms. The first-order valence-electron chi connectivity index (χ1n) is 1.65. The number of nitrogens with one attached hydrogen (secondary N) is 1. The van der Waals surface area contributed by atoms with Crippen molar-refractivity contribution in [1.82, 2.24) is 10.2 Å². The molecule has 0 aromatic carbocycles. The van der Waals surface area contributed by atoms with E-state index >= 15 is 0 Å². The van der Waals surface area contributed by atoms with Crippen molar-refractivity contribution in [2.75, 3.05) is 0 Å². The predicted octanol–water partition coefficient (Wildman–Crippen LogP) is 1.67. The molecule has 0 atom stereocenters. The van der Waals surface area contributed by atoms with Gasteiger partial charge >= 0.3 is 0 Å². The van der Waals surface area contributed by atoms with Crippen LogP contribution in [-0.4, -0.2) is 10.2 Å². The van der Waals surface area contributed by atoms with Crippen LogP contribution in [0.1, 0.15) is 0 Å². The van der Waals surface area contributed by atoms with Gasteiger partial charge in [-0.15, -0.1) is 0 Å². The second kappa shape index (κ2) is 2.00. The fraction of sp³-hybridized carbons (Fsp3) is 0. The molecule has 0 aliphatic heterocycles. The van der Waals surface area contributed by atoms with E-state index in [0.717, 1.165) is 3.57 Å². The maximum Gasteiger partial charge on any atom is 0.137 e. The number of nitrogens with zero attached hydrogens (tertiary/aromatic N) is 1. The van der Waals surface area contributed by atoms with E-state index < -0.39 is 0 Å². The van der Waals surface area contributed by atoms with Crippen molar-refractivity contribution in [3.05, 3.63) is 14.9 Å². The summed E-state index contributed by atoms with van der Waals surface area (Å²) in [5.74, 6) is 0. The smallest absolute Gasteiger partial charge is 0.137 e. The summed E-state index contributed by atoms with van der Waals surface area (Å²) in [5.41, 5.74) is 0. The van der Waals surface area contributed by atoms with E-state index in [2.05, 4.69) is 32.8 Å². The van der Waals surface area contributed by atoms with Gasteiger partial charge in [0.15, 0.2) is 0 Å². The second-order valence-electron chi connectivity index (χ2n) is 1.03. The van der Waals surface area contributed by atoms with Gasteiger partial charge in [-0.2, -0.15) is 5.10 Å². The predicted molar refractivity (Wildman–Crippen MR) is 36.3 cm³/mol. The molecule has 0 unspecified atom stereocenters. The van der Waals surface area contributed by atoms with E-state index in [1.807, 2.05) is 0 Å². The quantitative estimate of drug-likeness (QED) is 0.672. The van der Waals surface area contributed by atoms with Crippen LogP contribution in [0.4, 0.5) is 0 Å². The fourth-order valence-corrected chi connectivity index (χ4v) is 0.613. The van der Waals surface area contributed by atoms with Gasteiger partial charge in [0, 0.05) is 0 Å². The van der Waals surface area contributed by atoms with Gasteiger partial charge in [0.25, 0.3) is 0 Å². The number of aromatic nitrogens is 2. The first kappa shape index (κ1) is 5.37. The molecule has 7 heavy (non-hydrogen) atoms. The molecule has 38 valence electrons. The molecule has 0 bridgehead atoms. The van der Waals surface area contributed by atoms with Crippen LogP contribution in [0.3, 0.4) is 0 Å². The van der Waals surface area contributed by atoms with Crippen molar-refractivity contribution >= 4 is 34.2 Å². The molecule has 0 amide bonds. The lowest BCUT2D eigenvalue weighted by atomic mass is 10.8. The zero-order valence-corrected chi connectivity index (χ0v) is 6.19. The lowest BCUT2D eigenvalue weighted by Gasteiger charge is -1.73. The van der Waals surface area contributed by atoms with Gasteiger partial charge in [0.05, 0.1) is 9.77 Å². The average molecular weight is 228 g/mol. The van der Waals surface area contributed by atoms with Crippen molar-refractivity contribution in [1.29, 1.82) is 0 Å². The molecule has 0 saturated heterocycles. The van der Waals surface area contributed by atoms with Crippen molar-refractivity contribution < 1.29 is 0 Å². The van der Waals surface area contributed by atoms with Crippen LogP contribution < -0.4 is 0 Å². The zero-order chi connectivity index (χ0) is 5.28. The van der Waals surface area contributed by atoms with Crippen molar-refractivity contribution in [2.24, 2.45) is 0 Å². The molecular weight excluding hydrogens is 226 g/mol. The third-order valence-corrected chi connectivity index (χ3v) is 1.98. The van der Waals surface area contributed by atoms with E-state index in [1.54, 1.807) is 6.20 Å². The summed E-state index contributed by atoms with van der Waals surface area (Å²) >= 11 is 7.59. The molecule has 1 heterocycles. The summed E-state index contributed by atoms with van der Waals surface area (Å²) in [7, 11) is 0. The average Bonchev–Trinajstić information content (AvgIpc) is 1.91. The van der Waals surface area contributed by atoms with E-state index in [0.29, 0.717) is 5.15 Å². The van der Waals surface area contributed by atoms with E-state index in [9.17, 15) is 0 Å². The highest BCUT2D eigenvalue weighted by Gasteiger charge is 1.92. The maximum atomic E-state index is 5.50. The summed E-state index contributed by atoms with van der Waals surface area (Å²) in [4.78, 5) is 0. The summed E-state index contributed by atoms with van der Waals surface area (Å²) in [5, 5.41) is 6.84. The van der Waals surface area contributed by atoms with E-state index in [-0.39, 0.29) is 0 Å². The largest absolute Gasteiger partial charge is 0.266 e. The normalized spacial score (nSPS) is 9.43. The minimum Gasteiger partial charge on any atom is -0.266 e. The van der Waals surface area contributed by atoms with Crippen molar-refractivity contribution in [3.63, 3.8) is 0 Å². The van der Waals surface area contributed by atoms with Crippen LogP contribution in [0.25, 0.3) is 0 Å². The molecular formula is C3H2ClIN2. The fourth-order valence-electron chi connectivity index (χ4n) is 0.256. The first-order valence-corrected chi connectivity index (χ1v) is 3.11. The standard InChI is InChI=1S/C3H2ClIN2/c4-3-2(5)1-6-7-3/h1H,(H,6,7). The van der Waals surface area contributed by atoms with E-state index in [4.69, 9.17) is 11.6 Å². The Hall–Kier alpha value is 0.230. The molecule has 1 N–H and O–H groups in total. The number of hydrogen-bond acceptors (Lipinski definition) is 1. The minimum atomic E-state index is 0.612. The van der Waals surface area contributed by atoms with Crippen molar-refractivity contribution in [3.8, 4) is 0 Å². The van der Waals surface area contributed by atoms with Gasteiger partial charge in [-0.25, -0.2) is 0 Å². The highest BCUT2D eigenvalue weighted by atomic mass is 127. The van der Waals surface area contributed by atoms with Crippen molar-refractivity contribution in [2.45, 2.75) is 0 Å². The monoisotopic (exact) mass is 228 g/mol. The maximum absolute atomic E-state index is 5.50. The second-order valence-corrected chi connectivity index (χ2v) is 2.57.